The van der Waals surface area contributed by atoms with Gasteiger partial charge in [-0.15, -0.1) is 0 Å². The van der Waals surface area contributed by atoms with Crippen molar-refractivity contribution in [2.45, 2.75) is 33.3 Å². The van der Waals surface area contributed by atoms with Crippen molar-refractivity contribution in [1.29, 1.82) is 0 Å². The molecule has 1 aromatic carbocycles. The highest BCUT2D eigenvalue weighted by Crippen LogP contribution is 2.11. The highest BCUT2D eigenvalue weighted by molar-refractivity contribution is 5.98. The molecule has 118 valence electrons. The van der Waals surface area contributed by atoms with E-state index in [1.165, 1.54) is 6.08 Å². The van der Waals surface area contributed by atoms with E-state index >= 15 is 0 Å². The van der Waals surface area contributed by atoms with Gasteiger partial charge in [-0.05, 0) is 39.3 Å². The zero-order valence-corrected chi connectivity index (χ0v) is 13.6. The quantitative estimate of drug-likeness (QED) is 0.788. The van der Waals surface area contributed by atoms with E-state index < -0.39 is 17.6 Å². The molecule has 4 heteroatoms. The molecule has 4 nitrogen and oxygen atoms in total. The number of carbonyl (C=O) groups excluding carboxylic acids is 2. The van der Waals surface area contributed by atoms with Gasteiger partial charge in [-0.1, -0.05) is 48.6 Å². The highest BCUT2D eigenvalue weighted by Gasteiger charge is 2.24. The summed E-state index contributed by atoms with van der Waals surface area (Å²) in [4.78, 5) is 25.2. The first-order valence-corrected chi connectivity index (χ1v) is 7.22. The third-order valence-electron chi connectivity index (χ3n) is 2.59. The SMILES string of the molecule is C/C=C/C(=O)N(C/C=C/c1ccccc1)C(=O)OC(C)(C)C. The number of rotatable bonds is 4. The van der Waals surface area contributed by atoms with Crippen LogP contribution >= 0.6 is 0 Å². The maximum atomic E-state index is 12.1. The fourth-order valence-corrected chi connectivity index (χ4v) is 1.66. The van der Waals surface area contributed by atoms with Gasteiger partial charge in [-0.2, -0.15) is 0 Å². The molecule has 0 radical (unpaired) electrons. The Bertz CT molecular complexity index is 553. The standard InChI is InChI=1S/C18H23NO3/c1-5-10-16(20)19(17(21)22-18(2,3)4)14-9-13-15-11-7-6-8-12-15/h5-13H,14H2,1-4H3/b10-5+,13-9+. The average Bonchev–Trinajstić information content (AvgIpc) is 2.43. The molecular formula is C18H23NO3. The van der Waals surface area contributed by atoms with E-state index in [0.717, 1.165) is 10.5 Å². The molecule has 0 saturated heterocycles. The summed E-state index contributed by atoms with van der Waals surface area (Å²) >= 11 is 0. The molecule has 0 fully saturated rings. The molecule has 0 aliphatic rings. The van der Waals surface area contributed by atoms with E-state index in [4.69, 9.17) is 4.74 Å². The first-order chi connectivity index (χ1) is 10.3. The summed E-state index contributed by atoms with van der Waals surface area (Å²) in [6.07, 6.45) is 5.93. The minimum atomic E-state index is -0.645. The molecule has 0 N–H and O–H groups in total. The third-order valence-corrected chi connectivity index (χ3v) is 2.59. The van der Waals surface area contributed by atoms with E-state index in [9.17, 15) is 9.59 Å². The summed E-state index contributed by atoms with van der Waals surface area (Å²) in [6, 6.07) is 9.68. The molecule has 1 rings (SSSR count). The Morgan fingerprint density at radius 2 is 1.82 bits per heavy atom. The lowest BCUT2D eigenvalue weighted by Crippen LogP contribution is -2.40. The Morgan fingerprint density at radius 3 is 2.36 bits per heavy atom. The Morgan fingerprint density at radius 1 is 1.18 bits per heavy atom. The molecule has 0 aliphatic carbocycles. The van der Waals surface area contributed by atoms with Gasteiger partial charge in [0.25, 0.3) is 5.91 Å². The lowest BCUT2D eigenvalue weighted by Gasteiger charge is -2.24. The number of carbonyl (C=O) groups is 2. The largest absolute Gasteiger partial charge is 0.443 e. The fourth-order valence-electron chi connectivity index (χ4n) is 1.66. The normalized spacial score (nSPS) is 11.8. The number of benzene rings is 1. The lowest BCUT2D eigenvalue weighted by molar-refractivity contribution is -0.124. The Balaban J connectivity index is 2.80. The molecule has 2 amide bonds. The van der Waals surface area contributed by atoms with Crippen molar-refractivity contribution >= 4 is 18.1 Å². The zero-order chi connectivity index (χ0) is 16.6. The van der Waals surface area contributed by atoms with E-state index in [-0.39, 0.29) is 6.54 Å². The number of ether oxygens (including phenoxy) is 1. The van der Waals surface area contributed by atoms with Crippen LogP contribution in [0.5, 0.6) is 0 Å². The maximum Gasteiger partial charge on any atom is 0.417 e. The van der Waals surface area contributed by atoms with Gasteiger partial charge in [0, 0.05) is 0 Å². The molecule has 0 aliphatic heterocycles. The first kappa shape index (κ1) is 17.7. The number of allylic oxidation sites excluding steroid dienone is 1. The predicted octanol–water partition coefficient (Wildman–Crippen LogP) is 4.04. The Labute approximate surface area is 132 Å². The number of hydrogen-bond donors (Lipinski definition) is 0. The van der Waals surface area contributed by atoms with Crippen LogP contribution in [0.3, 0.4) is 0 Å². The minimum absolute atomic E-state index is 0.160. The van der Waals surface area contributed by atoms with Crippen LogP contribution in [0.2, 0.25) is 0 Å². The second-order valence-electron chi connectivity index (χ2n) is 5.74. The van der Waals surface area contributed by atoms with Crippen molar-refractivity contribution < 1.29 is 14.3 Å². The number of imide groups is 1. The van der Waals surface area contributed by atoms with Crippen LogP contribution in [-0.4, -0.2) is 29.0 Å². The van der Waals surface area contributed by atoms with Crippen molar-refractivity contribution in [3.63, 3.8) is 0 Å². The van der Waals surface area contributed by atoms with Crippen LogP contribution in [0, 0.1) is 0 Å². The second-order valence-corrected chi connectivity index (χ2v) is 5.74. The average molecular weight is 301 g/mol. The smallest absolute Gasteiger partial charge is 0.417 e. The molecule has 0 bridgehead atoms. The van der Waals surface area contributed by atoms with Gasteiger partial charge in [-0.25, -0.2) is 9.69 Å². The van der Waals surface area contributed by atoms with E-state index in [1.54, 1.807) is 39.8 Å². The zero-order valence-electron chi connectivity index (χ0n) is 13.6. The van der Waals surface area contributed by atoms with Crippen molar-refractivity contribution in [3.05, 3.63) is 54.1 Å². The van der Waals surface area contributed by atoms with Crippen LogP contribution < -0.4 is 0 Å². The van der Waals surface area contributed by atoms with Gasteiger partial charge < -0.3 is 4.74 Å². The molecule has 1 aromatic rings. The van der Waals surface area contributed by atoms with Gasteiger partial charge in [0.05, 0.1) is 6.54 Å². The molecule has 0 spiro atoms. The molecule has 0 saturated carbocycles. The maximum absolute atomic E-state index is 12.1. The summed E-state index contributed by atoms with van der Waals surface area (Å²) in [6.45, 7) is 7.19. The van der Waals surface area contributed by atoms with E-state index in [0.29, 0.717) is 0 Å². The van der Waals surface area contributed by atoms with Crippen LogP contribution in [0.25, 0.3) is 6.08 Å². The Kier molecular flexibility index (Phi) is 6.57. The van der Waals surface area contributed by atoms with Gasteiger partial charge in [-0.3, -0.25) is 4.79 Å². The molecule has 0 unspecified atom stereocenters. The van der Waals surface area contributed by atoms with Crippen LogP contribution in [0.1, 0.15) is 33.3 Å². The van der Waals surface area contributed by atoms with Crippen LogP contribution in [0.4, 0.5) is 4.79 Å². The van der Waals surface area contributed by atoms with Gasteiger partial charge in [0.15, 0.2) is 0 Å². The van der Waals surface area contributed by atoms with Crippen molar-refractivity contribution in [3.8, 4) is 0 Å². The summed E-state index contributed by atoms with van der Waals surface area (Å²) in [5.41, 5.74) is 0.361. The van der Waals surface area contributed by atoms with Crippen molar-refractivity contribution in [1.82, 2.24) is 4.90 Å². The fraction of sp³-hybridized carbons (Fsp3) is 0.333. The molecular weight excluding hydrogens is 278 g/mol. The van der Waals surface area contributed by atoms with Gasteiger partial charge in [0.1, 0.15) is 5.60 Å². The molecule has 0 atom stereocenters. The van der Waals surface area contributed by atoms with E-state index in [2.05, 4.69) is 0 Å². The number of nitrogens with zero attached hydrogens (tertiary/aromatic N) is 1. The Hall–Kier alpha value is -2.36. The monoisotopic (exact) mass is 301 g/mol. The molecule has 0 aromatic heterocycles. The number of amides is 2. The van der Waals surface area contributed by atoms with E-state index in [1.807, 2.05) is 36.4 Å². The lowest BCUT2D eigenvalue weighted by atomic mass is 10.2. The molecule has 0 heterocycles. The topological polar surface area (TPSA) is 46.6 Å². The summed E-state index contributed by atoms with van der Waals surface area (Å²) in [5, 5.41) is 0. The number of hydrogen-bond acceptors (Lipinski definition) is 3. The van der Waals surface area contributed by atoms with Crippen molar-refractivity contribution in [2.75, 3.05) is 6.54 Å². The first-order valence-electron chi connectivity index (χ1n) is 7.22. The molecule has 22 heavy (non-hydrogen) atoms. The summed E-state index contributed by atoms with van der Waals surface area (Å²) in [7, 11) is 0. The van der Waals surface area contributed by atoms with Gasteiger partial charge in [0.2, 0.25) is 0 Å². The van der Waals surface area contributed by atoms with Crippen LogP contribution in [0.15, 0.2) is 48.6 Å². The summed E-state index contributed by atoms with van der Waals surface area (Å²) in [5.74, 6) is -0.394. The van der Waals surface area contributed by atoms with Gasteiger partial charge >= 0.3 is 6.09 Å². The van der Waals surface area contributed by atoms with Crippen LogP contribution in [-0.2, 0) is 9.53 Å². The minimum Gasteiger partial charge on any atom is -0.443 e. The second kappa shape index (κ2) is 8.17. The summed E-state index contributed by atoms with van der Waals surface area (Å²) < 4.78 is 5.27. The predicted molar refractivity (Wildman–Crippen MR) is 88.2 cm³/mol. The van der Waals surface area contributed by atoms with Crippen molar-refractivity contribution in [2.24, 2.45) is 0 Å². The third kappa shape index (κ3) is 6.39. The highest BCUT2D eigenvalue weighted by atomic mass is 16.6.